The van der Waals surface area contributed by atoms with E-state index < -0.39 is 5.82 Å². The lowest BCUT2D eigenvalue weighted by Gasteiger charge is -2.30. The van der Waals surface area contributed by atoms with Crippen LogP contribution in [0.2, 0.25) is 0 Å². The zero-order valence-corrected chi connectivity index (χ0v) is 15.7. The van der Waals surface area contributed by atoms with Crippen molar-refractivity contribution in [1.29, 1.82) is 0 Å². The van der Waals surface area contributed by atoms with E-state index in [1.165, 1.54) is 18.2 Å². The molecule has 1 aliphatic rings. The molecule has 0 saturated carbocycles. The van der Waals surface area contributed by atoms with Crippen LogP contribution in [0.5, 0.6) is 0 Å². The van der Waals surface area contributed by atoms with Gasteiger partial charge in [0.2, 0.25) is 5.91 Å². The van der Waals surface area contributed by atoms with Gasteiger partial charge in [0.15, 0.2) is 0 Å². The van der Waals surface area contributed by atoms with E-state index in [2.05, 4.69) is 16.0 Å². The molecule has 3 N–H and O–H groups in total. The van der Waals surface area contributed by atoms with Gasteiger partial charge in [-0.25, -0.2) is 4.39 Å². The fourth-order valence-electron chi connectivity index (χ4n) is 2.82. The van der Waals surface area contributed by atoms with E-state index in [0.717, 1.165) is 19.4 Å². The van der Waals surface area contributed by atoms with Crippen LogP contribution in [0, 0.1) is 11.7 Å². The minimum absolute atomic E-state index is 0. The van der Waals surface area contributed by atoms with E-state index >= 15 is 0 Å². The van der Waals surface area contributed by atoms with Crippen molar-refractivity contribution in [1.82, 2.24) is 10.6 Å². The Labute approximate surface area is 154 Å². The van der Waals surface area contributed by atoms with E-state index in [1.807, 2.05) is 20.8 Å². The van der Waals surface area contributed by atoms with Crippen LogP contribution in [0.1, 0.15) is 50.4 Å². The molecular formula is C18H27ClFN3O2. The van der Waals surface area contributed by atoms with Gasteiger partial charge >= 0.3 is 0 Å². The Balaban J connectivity index is 0.00000312. The average molecular weight is 372 g/mol. The molecule has 2 rings (SSSR count). The summed E-state index contributed by atoms with van der Waals surface area (Å²) < 4.78 is 14.2. The van der Waals surface area contributed by atoms with Gasteiger partial charge in [-0.3, -0.25) is 9.59 Å². The van der Waals surface area contributed by atoms with Crippen LogP contribution in [-0.2, 0) is 4.79 Å². The molecule has 1 heterocycles. The molecule has 140 valence electrons. The van der Waals surface area contributed by atoms with E-state index in [9.17, 15) is 14.0 Å². The van der Waals surface area contributed by atoms with E-state index in [4.69, 9.17) is 0 Å². The van der Waals surface area contributed by atoms with Gasteiger partial charge in [-0.15, -0.1) is 12.4 Å². The number of anilines is 1. The molecule has 1 aromatic rings. The van der Waals surface area contributed by atoms with E-state index in [-0.39, 0.29) is 53.5 Å². The highest BCUT2D eigenvalue weighted by atomic mass is 35.5. The maximum Gasteiger partial charge on any atom is 0.251 e. The Bertz CT molecular complexity index is 610. The Morgan fingerprint density at radius 1 is 1.36 bits per heavy atom. The largest absolute Gasteiger partial charge is 0.348 e. The zero-order chi connectivity index (χ0) is 17.7. The zero-order valence-electron chi connectivity index (χ0n) is 14.9. The number of hydrogen-bond donors (Lipinski definition) is 3. The number of rotatable bonds is 5. The molecule has 0 radical (unpaired) electrons. The van der Waals surface area contributed by atoms with Gasteiger partial charge in [-0.1, -0.05) is 13.8 Å². The summed E-state index contributed by atoms with van der Waals surface area (Å²) in [6.07, 6.45) is 2.24. The van der Waals surface area contributed by atoms with Crippen LogP contribution in [-0.4, -0.2) is 30.4 Å². The van der Waals surface area contributed by atoms with E-state index in [0.29, 0.717) is 6.42 Å². The summed E-state index contributed by atoms with van der Waals surface area (Å²) in [5, 5.41) is 8.79. The van der Waals surface area contributed by atoms with Crippen molar-refractivity contribution in [2.24, 2.45) is 5.92 Å². The quantitative estimate of drug-likeness (QED) is 0.744. The summed E-state index contributed by atoms with van der Waals surface area (Å²) in [7, 11) is 0. The summed E-state index contributed by atoms with van der Waals surface area (Å²) in [6, 6.07) is 4.37. The molecule has 5 nitrogen and oxygen atoms in total. The molecule has 0 aliphatic carbocycles. The number of piperidine rings is 1. The number of nitrogens with one attached hydrogen (secondary N) is 3. The third-order valence-corrected chi connectivity index (χ3v) is 4.18. The van der Waals surface area contributed by atoms with Crippen LogP contribution in [0.25, 0.3) is 0 Å². The number of amides is 2. The second-order valence-electron chi connectivity index (χ2n) is 6.81. The van der Waals surface area contributed by atoms with Crippen molar-refractivity contribution in [3.63, 3.8) is 0 Å². The Hall–Kier alpha value is -1.66. The summed E-state index contributed by atoms with van der Waals surface area (Å²) in [5.74, 6) is -0.934. The first-order valence-corrected chi connectivity index (χ1v) is 8.50. The van der Waals surface area contributed by atoms with Crippen LogP contribution in [0.4, 0.5) is 10.1 Å². The second kappa shape index (κ2) is 9.73. The average Bonchev–Trinajstić information content (AvgIpc) is 2.50. The molecule has 1 fully saturated rings. The first-order valence-electron chi connectivity index (χ1n) is 8.50. The van der Waals surface area contributed by atoms with Gasteiger partial charge in [-0.05, 0) is 50.4 Å². The minimum Gasteiger partial charge on any atom is -0.348 e. The number of benzene rings is 1. The third-order valence-electron chi connectivity index (χ3n) is 4.18. The van der Waals surface area contributed by atoms with Crippen molar-refractivity contribution in [2.75, 3.05) is 11.9 Å². The third kappa shape index (κ3) is 6.29. The maximum absolute atomic E-state index is 14.2. The highest BCUT2D eigenvalue weighted by Crippen LogP contribution is 2.17. The molecule has 2 atom stereocenters. The minimum atomic E-state index is -0.602. The van der Waals surface area contributed by atoms with Crippen molar-refractivity contribution < 1.29 is 14.0 Å². The number of carbonyl (C=O) groups excluding carboxylic acids is 2. The lowest BCUT2D eigenvalue weighted by molar-refractivity contribution is -0.116. The molecule has 1 aromatic carbocycles. The predicted molar refractivity (Wildman–Crippen MR) is 99.7 cm³/mol. The molecular weight excluding hydrogens is 345 g/mol. The smallest absolute Gasteiger partial charge is 0.251 e. The lowest BCUT2D eigenvalue weighted by atomic mass is 9.99. The van der Waals surface area contributed by atoms with Gasteiger partial charge in [-0.2, -0.15) is 0 Å². The highest BCUT2D eigenvalue weighted by Gasteiger charge is 2.23. The van der Waals surface area contributed by atoms with Crippen LogP contribution >= 0.6 is 12.4 Å². The Morgan fingerprint density at radius 3 is 2.68 bits per heavy atom. The predicted octanol–water partition coefficient (Wildman–Crippen LogP) is 3.10. The fraction of sp³-hybridized carbons (Fsp3) is 0.556. The van der Waals surface area contributed by atoms with Crippen molar-refractivity contribution in [3.8, 4) is 0 Å². The standard InChI is InChI=1S/C18H26FN3O2.ClH/c1-11(2)9-17(23)21-16-7-6-13(10-14(16)19)18(24)22-15-5-4-8-20-12(15)3;/h6-7,10-12,15,20H,4-5,8-9H2,1-3H3,(H,21,23)(H,22,24);1H. The van der Waals surface area contributed by atoms with Gasteiger partial charge in [0.1, 0.15) is 5.82 Å². The first-order chi connectivity index (χ1) is 11.4. The summed E-state index contributed by atoms with van der Waals surface area (Å²) >= 11 is 0. The highest BCUT2D eigenvalue weighted by molar-refractivity contribution is 5.96. The van der Waals surface area contributed by atoms with Crippen LogP contribution in [0.3, 0.4) is 0 Å². The maximum atomic E-state index is 14.2. The van der Waals surface area contributed by atoms with E-state index in [1.54, 1.807) is 0 Å². The number of hydrogen-bond acceptors (Lipinski definition) is 3. The van der Waals surface area contributed by atoms with Crippen molar-refractivity contribution in [2.45, 2.75) is 52.1 Å². The number of carbonyl (C=O) groups is 2. The monoisotopic (exact) mass is 371 g/mol. The van der Waals surface area contributed by atoms with Gasteiger partial charge in [0.25, 0.3) is 5.91 Å². The molecule has 2 unspecified atom stereocenters. The van der Waals surface area contributed by atoms with Crippen LogP contribution in [0.15, 0.2) is 18.2 Å². The number of halogens is 2. The van der Waals surface area contributed by atoms with Gasteiger partial charge in [0, 0.05) is 24.1 Å². The van der Waals surface area contributed by atoms with Crippen LogP contribution < -0.4 is 16.0 Å². The summed E-state index contributed by atoms with van der Waals surface area (Å²) in [6.45, 7) is 6.82. The molecule has 25 heavy (non-hydrogen) atoms. The summed E-state index contributed by atoms with van der Waals surface area (Å²) in [5.41, 5.74) is 0.358. The normalized spacial score (nSPS) is 19.9. The SMILES string of the molecule is CC(C)CC(=O)Nc1ccc(C(=O)NC2CCCNC2C)cc1F.Cl. The molecule has 0 spiro atoms. The van der Waals surface area contributed by atoms with Gasteiger partial charge in [0.05, 0.1) is 5.69 Å². The summed E-state index contributed by atoms with van der Waals surface area (Å²) in [4.78, 5) is 24.0. The van der Waals surface area contributed by atoms with Gasteiger partial charge < -0.3 is 16.0 Å². The van der Waals surface area contributed by atoms with Crippen molar-refractivity contribution >= 4 is 29.9 Å². The molecule has 7 heteroatoms. The topological polar surface area (TPSA) is 70.2 Å². The Morgan fingerprint density at radius 2 is 2.08 bits per heavy atom. The second-order valence-corrected chi connectivity index (χ2v) is 6.81. The first kappa shape index (κ1) is 21.4. The molecule has 1 aliphatic heterocycles. The molecule has 2 amide bonds. The molecule has 0 bridgehead atoms. The fourth-order valence-corrected chi connectivity index (χ4v) is 2.82. The lowest BCUT2D eigenvalue weighted by Crippen LogP contribution is -2.51. The molecule has 1 saturated heterocycles. The molecule has 0 aromatic heterocycles. The van der Waals surface area contributed by atoms with Crippen molar-refractivity contribution in [3.05, 3.63) is 29.6 Å². The Kier molecular flexibility index (Phi) is 8.32.